The third kappa shape index (κ3) is 3.57. The van der Waals surface area contributed by atoms with E-state index in [0.29, 0.717) is 47.1 Å². The van der Waals surface area contributed by atoms with E-state index >= 15 is 0 Å². The lowest BCUT2D eigenvalue weighted by atomic mass is 9.63. The Hall–Kier alpha value is -2.22. The predicted octanol–water partition coefficient (Wildman–Crippen LogP) is 7.43. The van der Waals surface area contributed by atoms with Crippen molar-refractivity contribution < 1.29 is 9.59 Å². The Bertz CT molecular complexity index is 1070. The molecule has 0 amide bonds. The Kier molecular flexibility index (Phi) is 5.53. The van der Waals surface area contributed by atoms with Crippen LogP contribution in [-0.2, 0) is 9.59 Å². The minimum absolute atomic E-state index is 0.162. The number of fused-ring (bicyclic) bond motifs is 6. The number of carbonyl (C=O) groups excluding carboxylic acids is 2. The van der Waals surface area contributed by atoms with Gasteiger partial charge in [-0.1, -0.05) is 59.7 Å². The Balaban J connectivity index is 1.08. The van der Waals surface area contributed by atoms with Gasteiger partial charge >= 0.3 is 0 Å². The predicted molar refractivity (Wildman–Crippen MR) is 143 cm³/mol. The van der Waals surface area contributed by atoms with Crippen LogP contribution in [-0.4, -0.2) is 11.6 Å². The highest BCUT2D eigenvalue weighted by atomic mass is 16.1. The van der Waals surface area contributed by atoms with Gasteiger partial charge in [0.15, 0.2) is 0 Å². The summed E-state index contributed by atoms with van der Waals surface area (Å²) in [7, 11) is 0. The molecular weight excluding hydrogens is 440 g/mol. The topological polar surface area (TPSA) is 34.1 Å². The summed E-state index contributed by atoms with van der Waals surface area (Å²) in [6, 6.07) is 18.0. The van der Waals surface area contributed by atoms with Crippen molar-refractivity contribution in [3.8, 4) is 0 Å². The van der Waals surface area contributed by atoms with E-state index in [4.69, 9.17) is 0 Å². The maximum atomic E-state index is 13.8. The summed E-state index contributed by atoms with van der Waals surface area (Å²) < 4.78 is 0. The fourth-order valence-corrected chi connectivity index (χ4v) is 9.77. The van der Waals surface area contributed by atoms with E-state index in [-0.39, 0.29) is 23.7 Å². The summed E-state index contributed by atoms with van der Waals surface area (Å²) in [6.07, 6.45) is 8.93. The van der Waals surface area contributed by atoms with Gasteiger partial charge in [0, 0.05) is 23.7 Å². The lowest BCUT2D eigenvalue weighted by Gasteiger charge is -2.40. The second kappa shape index (κ2) is 8.67. The molecule has 10 atom stereocenters. The molecule has 36 heavy (non-hydrogen) atoms. The molecule has 0 spiro atoms. The first-order chi connectivity index (χ1) is 17.5. The number of Topliss-reactive ketones (excluding diaryl/α,β-unsaturated/α-hetero) is 2. The van der Waals surface area contributed by atoms with Crippen molar-refractivity contribution in [3.05, 3.63) is 70.8 Å². The second-order valence-corrected chi connectivity index (χ2v) is 13.2. The Morgan fingerprint density at radius 1 is 0.472 bits per heavy atom. The first-order valence-electron chi connectivity index (χ1n) is 14.7. The van der Waals surface area contributed by atoms with Crippen LogP contribution in [0.1, 0.15) is 85.5 Å². The molecule has 5 fully saturated rings. The Morgan fingerprint density at radius 3 is 1.28 bits per heavy atom. The molecule has 188 valence electrons. The van der Waals surface area contributed by atoms with E-state index in [1.165, 1.54) is 47.9 Å². The van der Waals surface area contributed by atoms with E-state index in [0.717, 1.165) is 25.7 Å². The second-order valence-electron chi connectivity index (χ2n) is 13.2. The van der Waals surface area contributed by atoms with Crippen LogP contribution in [0.5, 0.6) is 0 Å². The zero-order valence-corrected chi connectivity index (χ0v) is 21.9. The molecule has 2 aromatic rings. The summed E-state index contributed by atoms with van der Waals surface area (Å²) in [6.45, 7) is 4.28. The maximum absolute atomic E-state index is 13.8. The van der Waals surface area contributed by atoms with E-state index in [9.17, 15) is 9.59 Å². The van der Waals surface area contributed by atoms with Gasteiger partial charge < -0.3 is 0 Å². The van der Waals surface area contributed by atoms with Gasteiger partial charge in [0.25, 0.3) is 0 Å². The molecule has 5 aliphatic rings. The number of hydrogen-bond donors (Lipinski definition) is 0. The Labute approximate surface area is 216 Å². The van der Waals surface area contributed by atoms with Gasteiger partial charge in [-0.2, -0.15) is 0 Å². The van der Waals surface area contributed by atoms with Gasteiger partial charge in [0.05, 0.1) is 0 Å². The number of ketones is 2. The van der Waals surface area contributed by atoms with Gasteiger partial charge in [-0.05, 0) is 112 Å². The lowest BCUT2D eigenvalue weighted by molar-refractivity contribution is -0.129. The van der Waals surface area contributed by atoms with E-state index in [2.05, 4.69) is 62.4 Å². The molecule has 0 saturated heterocycles. The highest BCUT2D eigenvalue weighted by molar-refractivity contribution is 5.90. The fourth-order valence-electron chi connectivity index (χ4n) is 9.77. The van der Waals surface area contributed by atoms with Crippen molar-refractivity contribution in [3.63, 3.8) is 0 Å². The van der Waals surface area contributed by atoms with Gasteiger partial charge in [0.1, 0.15) is 11.6 Å². The fraction of sp³-hybridized carbons (Fsp3) is 0.588. The van der Waals surface area contributed by atoms with Gasteiger partial charge in [0.2, 0.25) is 0 Å². The van der Waals surface area contributed by atoms with E-state index in [1.807, 2.05) is 0 Å². The monoisotopic (exact) mass is 480 g/mol. The number of carbonyl (C=O) groups is 2. The minimum atomic E-state index is 0.162. The first kappa shape index (κ1) is 22.9. The molecule has 5 saturated carbocycles. The first-order valence-corrected chi connectivity index (χ1v) is 14.7. The average Bonchev–Trinajstić information content (AvgIpc) is 3.34. The van der Waals surface area contributed by atoms with Crippen LogP contribution in [0.2, 0.25) is 0 Å². The summed E-state index contributed by atoms with van der Waals surface area (Å²) >= 11 is 0. The number of hydrogen-bond acceptors (Lipinski definition) is 2. The lowest BCUT2D eigenvalue weighted by Crippen LogP contribution is -2.35. The highest BCUT2D eigenvalue weighted by Gasteiger charge is 2.61. The minimum Gasteiger partial charge on any atom is -0.299 e. The molecule has 0 radical (unpaired) electrons. The molecule has 0 N–H and O–H groups in total. The zero-order valence-electron chi connectivity index (χ0n) is 21.9. The maximum Gasteiger partial charge on any atom is 0.139 e. The zero-order chi connectivity index (χ0) is 24.6. The van der Waals surface area contributed by atoms with E-state index in [1.54, 1.807) is 0 Å². The number of rotatable bonds is 2. The molecule has 2 heteroatoms. The molecule has 5 aliphatic carbocycles. The third-order valence-corrected chi connectivity index (χ3v) is 11.6. The summed E-state index contributed by atoms with van der Waals surface area (Å²) in [4.78, 5) is 27.5. The average molecular weight is 481 g/mol. The molecule has 2 aromatic carbocycles. The van der Waals surface area contributed by atoms with Crippen molar-refractivity contribution in [2.24, 2.45) is 47.3 Å². The van der Waals surface area contributed by atoms with Crippen molar-refractivity contribution in [1.29, 1.82) is 0 Å². The third-order valence-electron chi connectivity index (χ3n) is 11.6. The molecule has 0 bridgehead atoms. The van der Waals surface area contributed by atoms with Crippen molar-refractivity contribution in [2.75, 3.05) is 0 Å². The van der Waals surface area contributed by atoms with Crippen molar-refractivity contribution >= 4 is 11.6 Å². The number of aryl methyl sites for hydroxylation is 2. The molecule has 2 nitrogen and oxygen atoms in total. The number of benzene rings is 2. The van der Waals surface area contributed by atoms with Crippen LogP contribution in [0.4, 0.5) is 0 Å². The van der Waals surface area contributed by atoms with Crippen LogP contribution in [0.25, 0.3) is 0 Å². The molecule has 0 aromatic heterocycles. The van der Waals surface area contributed by atoms with Gasteiger partial charge in [-0.3, -0.25) is 9.59 Å². The van der Waals surface area contributed by atoms with Gasteiger partial charge in [-0.15, -0.1) is 0 Å². The molecular formula is C34H40O2. The standard InChI is InChI=1S/C34H40O2/c1-19-3-7-21(8-4-19)23-11-13-25-27-17-28-26-14-12-24(22-9-5-20(2)6-10-22)16-30(26)34(36)32(28)18-31(27)33(35)29(25)15-23/h3-10,23-32H,11-18H2,1-2H3. The quantitative estimate of drug-likeness (QED) is 0.448. The van der Waals surface area contributed by atoms with E-state index < -0.39 is 0 Å². The van der Waals surface area contributed by atoms with Crippen LogP contribution < -0.4 is 0 Å². The van der Waals surface area contributed by atoms with Crippen LogP contribution in [0.3, 0.4) is 0 Å². The molecule has 0 heterocycles. The largest absolute Gasteiger partial charge is 0.299 e. The molecule has 7 rings (SSSR count). The highest BCUT2D eigenvalue weighted by Crippen LogP contribution is 2.62. The SMILES string of the molecule is Cc1ccc(C2CCC3C(C2)C(=O)C2CC4C(=O)C5CC(c6ccc(C)cc6)CCC5C4CC23)cc1. The molecule has 10 unspecified atom stereocenters. The van der Waals surface area contributed by atoms with Crippen LogP contribution in [0.15, 0.2) is 48.5 Å². The van der Waals surface area contributed by atoms with Crippen LogP contribution >= 0.6 is 0 Å². The molecule has 0 aliphatic heterocycles. The normalized spacial score (nSPS) is 41.4. The Morgan fingerprint density at radius 2 is 0.861 bits per heavy atom. The van der Waals surface area contributed by atoms with Crippen molar-refractivity contribution in [1.82, 2.24) is 0 Å². The van der Waals surface area contributed by atoms with Crippen LogP contribution in [0, 0.1) is 61.2 Å². The smallest absolute Gasteiger partial charge is 0.139 e. The van der Waals surface area contributed by atoms with Crippen molar-refractivity contribution in [2.45, 2.75) is 77.0 Å². The van der Waals surface area contributed by atoms with Gasteiger partial charge in [-0.25, -0.2) is 0 Å². The summed E-state index contributed by atoms with van der Waals surface area (Å²) in [5, 5.41) is 0. The summed E-state index contributed by atoms with van der Waals surface area (Å²) in [5.74, 6) is 5.15. The summed E-state index contributed by atoms with van der Waals surface area (Å²) in [5.41, 5.74) is 5.44.